The van der Waals surface area contributed by atoms with Gasteiger partial charge in [0.25, 0.3) is 11.4 Å². The van der Waals surface area contributed by atoms with E-state index in [1.165, 1.54) is 12.3 Å². The zero-order chi connectivity index (χ0) is 13.4. The van der Waals surface area contributed by atoms with Crippen LogP contribution >= 0.6 is 15.9 Å². The van der Waals surface area contributed by atoms with Crippen LogP contribution in [-0.2, 0) is 6.61 Å². The second-order valence-electron chi connectivity index (χ2n) is 3.47. The summed E-state index contributed by atoms with van der Waals surface area (Å²) >= 11 is 2.87. The lowest BCUT2D eigenvalue weighted by atomic mass is 10.1. The molecule has 94 valence electrons. The number of hydrogen-bond acceptors (Lipinski definition) is 5. The molecule has 9 heteroatoms. The van der Waals surface area contributed by atoms with E-state index < -0.39 is 27.8 Å². The van der Waals surface area contributed by atoms with Crippen molar-refractivity contribution in [1.29, 1.82) is 0 Å². The second-order valence-corrected chi connectivity index (χ2v) is 4.26. The van der Waals surface area contributed by atoms with E-state index in [0.29, 0.717) is 5.56 Å². The van der Waals surface area contributed by atoms with E-state index in [9.17, 15) is 20.2 Å². The highest BCUT2D eigenvalue weighted by atomic mass is 79.9. The van der Waals surface area contributed by atoms with E-state index in [1.54, 1.807) is 0 Å². The van der Waals surface area contributed by atoms with Crippen molar-refractivity contribution in [1.82, 2.24) is 4.98 Å². The van der Waals surface area contributed by atoms with E-state index in [1.807, 2.05) is 0 Å². The van der Waals surface area contributed by atoms with Crippen molar-refractivity contribution >= 4 is 38.2 Å². The van der Waals surface area contributed by atoms with Crippen LogP contribution in [0.5, 0.6) is 0 Å². The molecule has 0 atom stereocenters. The number of fused-ring (bicyclic) bond motifs is 1. The number of nitro groups is 2. The Morgan fingerprint density at radius 2 is 2.00 bits per heavy atom. The third kappa shape index (κ3) is 1.73. The Morgan fingerprint density at radius 1 is 1.33 bits per heavy atom. The number of aliphatic hydroxyl groups excluding tert-OH is 1. The fourth-order valence-electron chi connectivity index (χ4n) is 1.74. The van der Waals surface area contributed by atoms with Crippen LogP contribution in [0.3, 0.4) is 0 Å². The van der Waals surface area contributed by atoms with Crippen LogP contribution in [0.2, 0.25) is 0 Å². The number of halogens is 1. The van der Waals surface area contributed by atoms with Gasteiger partial charge in [0.15, 0.2) is 4.47 Å². The molecule has 2 aromatic rings. The monoisotopic (exact) mass is 315 g/mol. The van der Waals surface area contributed by atoms with E-state index >= 15 is 0 Å². The molecule has 1 aromatic heterocycles. The highest BCUT2D eigenvalue weighted by Crippen LogP contribution is 2.41. The van der Waals surface area contributed by atoms with Crippen LogP contribution < -0.4 is 0 Å². The van der Waals surface area contributed by atoms with Gasteiger partial charge in [-0.2, -0.15) is 0 Å². The Balaban J connectivity index is 2.95. The SMILES string of the molecule is O=[N+]([O-])c1cc2[nH]cc(CO)c2c([N+](=O)[O-])c1Br. The van der Waals surface area contributed by atoms with Gasteiger partial charge in [0.1, 0.15) is 0 Å². The Kier molecular flexibility index (Phi) is 3.01. The number of hydrogen-bond donors (Lipinski definition) is 2. The average molecular weight is 316 g/mol. The first kappa shape index (κ1) is 12.5. The average Bonchev–Trinajstić information content (AvgIpc) is 2.69. The summed E-state index contributed by atoms with van der Waals surface area (Å²) in [5.74, 6) is 0. The lowest BCUT2D eigenvalue weighted by molar-refractivity contribution is -0.394. The Hall–Kier alpha value is -2.00. The molecule has 0 unspecified atom stereocenters. The standard InChI is InChI=1S/C9H6BrN3O5/c10-8-6(12(15)16)1-5-7(9(8)13(17)18)4(3-14)2-11-5/h1-2,11,14H,3H2. The molecule has 8 nitrogen and oxygen atoms in total. The van der Waals surface area contributed by atoms with Gasteiger partial charge in [-0.05, 0) is 15.9 Å². The lowest BCUT2D eigenvalue weighted by Crippen LogP contribution is -1.97. The summed E-state index contributed by atoms with van der Waals surface area (Å²) in [6.07, 6.45) is 1.38. The molecule has 0 aliphatic rings. The maximum absolute atomic E-state index is 11.0. The fourth-order valence-corrected chi connectivity index (χ4v) is 2.34. The first-order valence-electron chi connectivity index (χ1n) is 4.69. The van der Waals surface area contributed by atoms with Crippen molar-refractivity contribution in [2.75, 3.05) is 0 Å². The summed E-state index contributed by atoms with van der Waals surface area (Å²) in [5.41, 5.74) is -0.280. The maximum atomic E-state index is 11.0. The number of aliphatic hydroxyl groups is 1. The summed E-state index contributed by atoms with van der Waals surface area (Å²) in [6.45, 7) is -0.398. The molecule has 0 saturated heterocycles. The predicted octanol–water partition coefficient (Wildman–Crippen LogP) is 2.24. The van der Waals surface area contributed by atoms with Gasteiger partial charge in [-0.3, -0.25) is 20.2 Å². The van der Waals surface area contributed by atoms with Gasteiger partial charge in [-0.25, -0.2) is 0 Å². The minimum atomic E-state index is -0.716. The molecular weight excluding hydrogens is 310 g/mol. The van der Waals surface area contributed by atoms with Gasteiger partial charge >= 0.3 is 0 Å². The van der Waals surface area contributed by atoms with Crippen molar-refractivity contribution < 1.29 is 15.0 Å². The number of aromatic nitrogens is 1. The summed E-state index contributed by atoms with van der Waals surface area (Å²) in [5, 5.41) is 31.1. The molecule has 0 amide bonds. The third-order valence-corrected chi connectivity index (χ3v) is 3.27. The maximum Gasteiger partial charge on any atom is 0.300 e. The van der Waals surface area contributed by atoms with Gasteiger partial charge in [0.05, 0.1) is 27.4 Å². The van der Waals surface area contributed by atoms with Crippen LogP contribution in [0.25, 0.3) is 10.9 Å². The molecular formula is C9H6BrN3O5. The van der Waals surface area contributed by atoms with Crippen molar-refractivity contribution in [2.24, 2.45) is 0 Å². The van der Waals surface area contributed by atoms with Crippen LogP contribution in [-0.4, -0.2) is 19.9 Å². The number of nitro benzene ring substituents is 2. The first-order valence-corrected chi connectivity index (χ1v) is 5.48. The van der Waals surface area contributed by atoms with E-state index in [2.05, 4.69) is 20.9 Å². The van der Waals surface area contributed by atoms with Gasteiger partial charge in [-0.15, -0.1) is 0 Å². The molecule has 18 heavy (non-hydrogen) atoms. The van der Waals surface area contributed by atoms with Crippen molar-refractivity contribution in [3.8, 4) is 0 Å². The van der Waals surface area contributed by atoms with E-state index in [4.69, 9.17) is 5.11 Å². The largest absolute Gasteiger partial charge is 0.392 e. The molecule has 0 bridgehead atoms. The normalized spacial score (nSPS) is 10.8. The number of nitrogens with zero attached hydrogens (tertiary/aromatic N) is 2. The summed E-state index contributed by atoms with van der Waals surface area (Å²) < 4.78 is -0.209. The number of H-pyrrole nitrogens is 1. The predicted molar refractivity (Wildman–Crippen MR) is 65.2 cm³/mol. The molecule has 2 rings (SSSR count). The Bertz CT molecular complexity index is 666. The van der Waals surface area contributed by atoms with E-state index in [0.717, 1.165) is 0 Å². The van der Waals surface area contributed by atoms with Crippen LogP contribution in [0.1, 0.15) is 5.56 Å². The molecule has 0 aliphatic heterocycles. The summed E-state index contributed by atoms with van der Waals surface area (Å²) in [6, 6.07) is 1.19. The number of aromatic amines is 1. The zero-order valence-electron chi connectivity index (χ0n) is 8.71. The second kappa shape index (κ2) is 4.35. The van der Waals surface area contributed by atoms with Crippen molar-refractivity contribution in [3.63, 3.8) is 0 Å². The Morgan fingerprint density at radius 3 is 2.50 bits per heavy atom. The van der Waals surface area contributed by atoms with Crippen LogP contribution in [0, 0.1) is 20.2 Å². The lowest BCUT2D eigenvalue weighted by Gasteiger charge is -2.01. The van der Waals surface area contributed by atoms with Gasteiger partial charge in [0.2, 0.25) is 0 Å². The van der Waals surface area contributed by atoms with Gasteiger partial charge < -0.3 is 10.1 Å². The molecule has 1 aromatic carbocycles. The molecule has 0 aliphatic carbocycles. The van der Waals surface area contributed by atoms with E-state index in [-0.39, 0.29) is 15.4 Å². The van der Waals surface area contributed by atoms with Gasteiger partial charge in [0, 0.05) is 17.8 Å². The quantitative estimate of drug-likeness (QED) is 0.664. The van der Waals surface area contributed by atoms with Crippen LogP contribution in [0.4, 0.5) is 11.4 Å². The van der Waals surface area contributed by atoms with Crippen LogP contribution in [0.15, 0.2) is 16.7 Å². The summed E-state index contributed by atoms with van der Waals surface area (Å²) in [7, 11) is 0. The molecule has 0 radical (unpaired) electrons. The topological polar surface area (TPSA) is 122 Å². The minimum Gasteiger partial charge on any atom is -0.392 e. The smallest absolute Gasteiger partial charge is 0.300 e. The molecule has 0 spiro atoms. The third-order valence-electron chi connectivity index (χ3n) is 2.49. The first-order chi connectivity index (χ1) is 8.47. The minimum absolute atomic E-state index is 0.167. The van der Waals surface area contributed by atoms with Gasteiger partial charge in [-0.1, -0.05) is 0 Å². The summed E-state index contributed by atoms with van der Waals surface area (Å²) in [4.78, 5) is 23.1. The molecule has 2 N–H and O–H groups in total. The van der Waals surface area contributed by atoms with Crippen molar-refractivity contribution in [3.05, 3.63) is 42.5 Å². The molecule has 0 saturated carbocycles. The Labute approximate surface area is 108 Å². The number of rotatable bonds is 3. The molecule has 0 fully saturated rings. The number of nitrogens with one attached hydrogen (secondary N) is 1. The highest BCUT2D eigenvalue weighted by molar-refractivity contribution is 9.10. The fraction of sp³-hybridized carbons (Fsp3) is 0.111. The van der Waals surface area contributed by atoms with Crippen molar-refractivity contribution in [2.45, 2.75) is 6.61 Å². The zero-order valence-corrected chi connectivity index (χ0v) is 10.3. The highest BCUT2D eigenvalue weighted by Gasteiger charge is 2.29. The number of benzene rings is 1. The molecule has 1 heterocycles.